The molecule has 0 saturated carbocycles. The van der Waals surface area contributed by atoms with Crippen LogP contribution in [0.25, 0.3) is 0 Å². The van der Waals surface area contributed by atoms with Crippen molar-refractivity contribution < 1.29 is 48.8 Å². The molecular weight excluding hydrogens is 130 g/mol. The van der Waals surface area contributed by atoms with Crippen LogP contribution in [0.15, 0.2) is 0 Å². The average molecular weight is 136 g/mol. The second-order valence-electron chi connectivity index (χ2n) is 0.513. The molecule has 0 radical (unpaired) electrons. The SMILES string of the molecule is O=P(O)(O)O.[CH3-].[Na+]. The number of hydrogen-bond acceptors (Lipinski definition) is 1. The molecule has 0 heterocycles. The van der Waals surface area contributed by atoms with Gasteiger partial charge in [0.05, 0.1) is 0 Å². The molecule has 0 aromatic heterocycles. The first-order valence-corrected chi connectivity index (χ1v) is 2.35. The Hall–Kier alpha value is 1.11. The molecule has 0 spiro atoms. The summed E-state index contributed by atoms with van der Waals surface area (Å²) in [5.41, 5.74) is 0. The fourth-order valence-corrected chi connectivity index (χ4v) is 0. The van der Waals surface area contributed by atoms with E-state index in [0.29, 0.717) is 0 Å². The molecule has 4 nitrogen and oxygen atoms in total. The molecule has 0 aliphatic carbocycles. The summed E-state index contributed by atoms with van der Waals surface area (Å²) in [6, 6.07) is 0. The Morgan fingerprint density at radius 1 is 1.14 bits per heavy atom. The van der Waals surface area contributed by atoms with E-state index in [0.717, 1.165) is 0 Å². The zero-order chi connectivity index (χ0) is 4.50. The van der Waals surface area contributed by atoms with Crippen molar-refractivity contribution in [1.29, 1.82) is 0 Å². The summed E-state index contributed by atoms with van der Waals surface area (Å²) in [6.07, 6.45) is 0. The molecule has 0 amide bonds. The van der Waals surface area contributed by atoms with Gasteiger partial charge in [-0.1, -0.05) is 0 Å². The van der Waals surface area contributed by atoms with E-state index >= 15 is 0 Å². The number of phosphoric acid groups is 1. The molecule has 0 unspecified atom stereocenters. The Morgan fingerprint density at radius 2 is 1.14 bits per heavy atom. The molecular formula is CH6NaO4P. The molecule has 0 aliphatic rings. The van der Waals surface area contributed by atoms with Crippen molar-refractivity contribution in [3.8, 4) is 0 Å². The first kappa shape index (κ1) is 15.7. The maximum atomic E-state index is 8.88. The first-order chi connectivity index (χ1) is 2.00. The summed E-state index contributed by atoms with van der Waals surface area (Å²) in [7, 11) is -4.64. The molecule has 0 aromatic rings. The van der Waals surface area contributed by atoms with Gasteiger partial charge in [0, 0.05) is 0 Å². The topological polar surface area (TPSA) is 77.8 Å². The third-order valence-corrected chi connectivity index (χ3v) is 0. The van der Waals surface area contributed by atoms with Gasteiger partial charge in [-0.3, -0.25) is 0 Å². The average Bonchev–Trinajstić information content (AvgIpc) is 0.722. The van der Waals surface area contributed by atoms with E-state index in [1.165, 1.54) is 0 Å². The zero-order valence-corrected chi connectivity index (χ0v) is 7.09. The van der Waals surface area contributed by atoms with Crippen LogP contribution < -0.4 is 29.6 Å². The predicted octanol–water partition coefficient (Wildman–Crippen LogP) is -3.47. The predicted molar refractivity (Wildman–Crippen MR) is 20.7 cm³/mol. The van der Waals surface area contributed by atoms with Crippen LogP contribution in [0.2, 0.25) is 0 Å². The van der Waals surface area contributed by atoms with Crippen LogP contribution in [0.5, 0.6) is 0 Å². The largest absolute Gasteiger partial charge is 1.00 e. The van der Waals surface area contributed by atoms with E-state index in [2.05, 4.69) is 0 Å². The molecule has 7 heavy (non-hydrogen) atoms. The second kappa shape index (κ2) is 5.25. The Kier molecular flexibility index (Phi) is 11.8. The minimum Gasteiger partial charge on any atom is -0.358 e. The fraction of sp³-hybridized carbons (Fsp3) is 0. The molecule has 0 aromatic carbocycles. The molecule has 0 atom stereocenters. The van der Waals surface area contributed by atoms with Crippen molar-refractivity contribution in [2.45, 2.75) is 0 Å². The van der Waals surface area contributed by atoms with Crippen molar-refractivity contribution in [3.63, 3.8) is 0 Å². The molecule has 3 N–H and O–H groups in total. The van der Waals surface area contributed by atoms with Gasteiger partial charge < -0.3 is 22.1 Å². The smallest absolute Gasteiger partial charge is 0.358 e. The summed E-state index contributed by atoms with van der Waals surface area (Å²) in [5.74, 6) is 0. The number of rotatable bonds is 0. The Labute approximate surface area is 64.1 Å². The third-order valence-electron chi connectivity index (χ3n) is 0. The third kappa shape index (κ3) is 151. The van der Waals surface area contributed by atoms with Crippen LogP contribution in [0, 0.1) is 7.43 Å². The summed E-state index contributed by atoms with van der Waals surface area (Å²) in [4.78, 5) is 21.6. The van der Waals surface area contributed by atoms with Gasteiger partial charge in [0.1, 0.15) is 0 Å². The van der Waals surface area contributed by atoms with E-state index in [-0.39, 0.29) is 37.0 Å². The van der Waals surface area contributed by atoms with Gasteiger partial charge in [-0.05, 0) is 0 Å². The minimum atomic E-state index is -4.64. The van der Waals surface area contributed by atoms with Crippen LogP contribution in [-0.4, -0.2) is 14.7 Å². The Balaban J connectivity index is -0.0000000800. The van der Waals surface area contributed by atoms with E-state index in [9.17, 15) is 0 Å². The van der Waals surface area contributed by atoms with E-state index in [1.807, 2.05) is 0 Å². The van der Waals surface area contributed by atoms with Crippen LogP contribution in [0.1, 0.15) is 0 Å². The maximum Gasteiger partial charge on any atom is 1.00 e. The van der Waals surface area contributed by atoms with Gasteiger partial charge in [0.25, 0.3) is 0 Å². The normalized spacial score (nSPS) is 8.43. The van der Waals surface area contributed by atoms with E-state index in [1.54, 1.807) is 0 Å². The summed E-state index contributed by atoms with van der Waals surface area (Å²) in [6.45, 7) is 0. The molecule has 0 fully saturated rings. The van der Waals surface area contributed by atoms with E-state index in [4.69, 9.17) is 19.2 Å². The van der Waals surface area contributed by atoms with Crippen molar-refractivity contribution in [2.75, 3.05) is 0 Å². The van der Waals surface area contributed by atoms with Gasteiger partial charge in [-0.25, -0.2) is 4.57 Å². The van der Waals surface area contributed by atoms with Crippen LogP contribution in [0.4, 0.5) is 0 Å². The standard InChI is InChI=1S/CH3.Na.H3O4P/c;;1-5(2,3)4/h1H3;;(H3,1,2,3,4)/q-1;+1;. The Morgan fingerprint density at radius 3 is 1.14 bits per heavy atom. The van der Waals surface area contributed by atoms with Crippen LogP contribution >= 0.6 is 7.82 Å². The molecule has 40 valence electrons. The minimum absolute atomic E-state index is 0. The fourth-order valence-electron chi connectivity index (χ4n) is 0. The summed E-state index contributed by atoms with van der Waals surface area (Å²) < 4.78 is 8.88. The molecule has 0 rings (SSSR count). The van der Waals surface area contributed by atoms with Crippen LogP contribution in [0.3, 0.4) is 0 Å². The molecule has 0 saturated heterocycles. The van der Waals surface area contributed by atoms with Gasteiger partial charge in [0.2, 0.25) is 0 Å². The summed E-state index contributed by atoms with van der Waals surface area (Å²) in [5, 5.41) is 0. The first-order valence-electron chi connectivity index (χ1n) is 0.783. The summed E-state index contributed by atoms with van der Waals surface area (Å²) >= 11 is 0. The van der Waals surface area contributed by atoms with E-state index < -0.39 is 7.82 Å². The zero-order valence-electron chi connectivity index (χ0n) is 4.20. The van der Waals surface area contributed by atoms with Crippen LogP contribution in [-0.2, 0) is 4.57 Å². The monoisotopic (exact) mass is 136 g/mol. The molecule has 6 heteroatoms. The van der Waals surface area contributed by atoms with Crippen molar-refractivity contribution >= 4 is 7.82 Å². The van der Waals surface area contributed by atoms with Gasteiger partial charge in [-0.2, -0.15) is 0 Å². The molecule has 0 bridgehead atoms. The quantitative estimate of drug-likeness (QED) is 0.183. The van der Waals surface area contributed by atoms with Crippen molar-refractivity contribution in [3.05, 3.63) is 7.43 Å². The van der Waals surface area contributed by atoms with Crippen molar-refractivity contribution in [1.82, 2.24) is 0 Å². The Bertz CT molecular complexity index is 57.8. The van der Waals surface area contributed by atoms with Crippen molar-refractivity contribution in [2.24, 2.45) is 0 Å². The van der Waals surface area contributed by atoms with Gasteiger partial charge >= 0.3 is 37.4 Å². The second-order valence-corrected chi connectivity index (χ2v) is 1.54. The van der Waals surface area contributed by atoms with Gasteiger partial charge in [0.15, 0.2) is 0 Å². The molecule has 0 aliphatic heterocycles. The van der Waals surface area contributed by atoms with Gasteiger partial charge in [-0.15, -0.1) is 0 Å². The number of hydrogen-bond donors (Lipinski definition) is 3. The maximum absolute atomic E-state index is 8.88.